The fraction of sp³-hybridized carbons (Fsp3) is 0.474. The first-order valence-electron chi connectivity index (χ1n) is 9.23. The summed E-state index contributed by atoms with van der Waals surface area (Å²) in [6, 6.07) is 8.94. The SMILES string of the molecule is CC(C)(C)OC(=O)N1CCC(c2ccn(-c3ccc(B(O)O)cc3)n2)CC1. The molecule has 1 amide bonds. The molecule has 27 heavy (non-hydrogen) atoms. The molecule has 2 N–H and O–H groups in total. The van der Waals surface area contributed by atoms with Crippen LogP contribution in [-0.4, -0.2) is 56.6 Å². The number of benzene rings is 1. The van der Waals surface area contributed by atoms with Gasteiger partial charge in [0.2, 0.25) is 0 Å². The Kier molecular flexibility index (Phi) is 5.57. The number of carbonyl (C=O) groups is 1. The highest BCUT2D eigenvalue weighted by atomic mass is 16.6. The molecule has 2 heterocycles. The van der Waals surface area contributed by atoms with Gasteiger partial charge < -0.3 is 19.7 Å². The molecule has 0 saturated carbocycles. The predicted molar refractivity (Wildman–Crippen MR) is 103 cm³/mol. The Balaban J connectivity index is 1.60. The van der Waals surface area contributed by atoms with Crippen molar-refractivity contribution in [1.29, 1.82) is 0 Å². The largest absolute Gasteiger partial charge is 0.488 e. The van der Waals surface area contributed by atoms with Crippen molar-refractivity contribution in [3.63, 3.8) is 0 Å². The molecule has 7 nitrogen and oxygen atoms in total. The Hall–Kier alpha value is -2.32. The molecular weight excluding hydrogens is 345 g/mol. The zero-order valence-corrected chi connectivity index (χ0v) is 16.0. The summed E-state index contributed by atoms with van der Waals surface area (Å²) in [6.07, 6.45) is 3.36. The zero-order chi connectivity index (χ0) is 19.6. The summed E-state index contributed by atoms with van der Waals surface area (Å²) in [5, 5.41) is 23.0. The first kappa shape index (κ1) is 19.4. The van der Waals surface area contributed by atoms with E-state index in [4.69, 9.17) is 4.74 Å². The third-order valence-electron chi connectivity index (χ3n) is 4.63. The van der Waals surface area contributed by atoms with E-state index in [1.807, 2.05) is 33.0 Å². The quantitative estimate of drug-likeness (QED) is 0.802. The molecule has 1 aliphatic rings. The van der Waals surface area contributed by atoms with Crippen LogP contribution in [0.15, 0.2) is 36.5 Å². The van der Waals surface area contributed by atoms with Crippen LogP contribution in [-0.2, 0) is 4.74 Å². The van der Waals surface area contributed by atoms with Gasteiger partial charge in [-0.3, -0.25) is 0 Å². The number of aromatic nitrogens is 2. The highest BCUT2D eigenvalue weighted by molar-refractivity contribution is 6.58. The van der Waals surface area contributed by atoms with Crippen LogP contribution in [0, 0.1) is 0 Å². The summed E-state index contributed by atoms with van der Waals surface area (Å²) in [6.45, 7) is 6.94. The lowest BCUT2D eigenvalue weighted by Crippen LogP contribution is -2.41. The van der Waals surface area contributed by atoms with Crippen LogP contribution in [0.4, 0.5) is 4.79 Å². The van der Waals surface area contributed by atoms with Crippen LogP contribution in [0.5, 0.6) is 0 Å². The Bertz CT molecular complexity index is 775. The number of likely N-dealkylation sites (tertiary alicyclic amines) is 1. The molecule has 0 atom stereocenters. The van der Waals surface area contributed by atoms with Crippen LogP contribution in [0.1, 0.15) is 45.2 Å². The monoisotopic (exact) mass is 371 g/mol. The Morgan fingerprint density at radius 1 is 1.15 bits per heavy atom. The van der Waals surface area contributed by atoms with Crippen molar-refractivity contribution >= 4 is 18.7 Å². The number of piperidine rings is 1. The zero-order valence-electron chi connectivity index (χ0n) is 16.0. The van der Waals surface area contributed by atoms with Crippen molar-refractivity contribution < 1.29 is 19.6 Å². The molecule has 0 spiro atoms. The first-order chi connectivity index (χ1) is 12.7. The van der Waals surface area contributed by atoms with Gasteiger partial charge in [-0.1, -0.05) is 12.1 Å². The van der Waals surface area contributed by atoms with Crippen LogP contribution in [0.2, 0.25) is 0 Å². The average Bonchev–Trinajstić information content (AvgIpc) is 3.10. The summed E-state index contributed by atoms with van der Waals surface area (Å²) in [5.74, 6) is 0.309. The van der Waals surface area contributed by atoms with E-state index >= 15 is 0 Å². The molecule has 0 unspecified atom stereocenters. The summed E-state index contributed by atoms with van der Waals surface area (Å²) in [7, 11) is -1.47. The van der Waals surface area contributed by atoms with Crippen molar-refractivity contribution in [2.75, 3.05) is 13.1 Å². The van der Waals surface area contributed by atoms with E-state index in [0.717, 1.165) is 24.2 Å². The minimum atomic E-state index is -1.47. The van der Waals surface area contributed by atoms with Crippen LogP contribution in [0.3, 0.4) is 0 Å². The molecule has 1 aliphatic heterocycles. The van der Waals surface area contributed by atoms with Crippen LogP contribution in [0.25, 0.3) is 5.69 Å². The second-order valence-electron chi connectivity index (χ2n) is 7.89. The summed E-state index contributed by atoms with van der Waals surface area (Å²) in [5.41, 5.74) is 1.83. The number of nitrogens with zero attached hydrogens (tertiary/aromatic N) is 3. The Labute approximate surface area is 159 Å². The number of ether oxygens (including phenoxy) is 1. The molecule has 1 fully saturated rings. The van der Waals surface area contributed by atoms with Gasteiger partial charge in [-0.2, -0.15) is 5.10 Å². The van der Waals surface area contributed by atoms with Gasteiger partial charge in [0, 0.05) is 25.2 Å². The average molecular weight is 371 g/mol. The second-order valence-corrected chi connectivity index (χ2v) is 7.89. The van der Waals surface area contributed by atoms with Gasteiger partial charge in [0.05, 0.1) is 11.4 Å². The normalized spacial score (nSPS) is 15.7. The van der Waals surface area contributed by atoms with Gasteiger partial charge in [0.15, 0.2) is 0 Å². The molecular formula is C19H26BN3O4. The van der Waals surface area contributed by atoms with E-state index in [1.54, 1.807) is 33.8 Å². The summed E-state index contributed by atoms with van der Waals surface area (Å²) >= 11 is 0. The van der Waals surface area contributed by atoms with Gasteiger partial charge >= 0.3 is 13.2 Å². The lowest BCUT2D eigenvalue weighted by molar-refractivity contribution is 0.0204. The van der Waals surface area contributed by atoms with Crippen molar-refractivity contribution in [1.82, 2.24) is 14.7 Å². The number of amides is 1. The summed E-state index contributed by atoms with van der Waals surface area (Å²) in [4.78, 5) is 13.9. The van der Waals surface area contributed by atoms with Crippen molar-refractivity contribution in [2.45, 2.75) is 45.1 Å². The number of hydrogen-bond donors (Lipinski definition) is 2. The standard InChI is InChI=1S/C19H26BN3O4/c1-19(2,3)27-18(24)22-11-8-14(9-12-22)17-10-13-23(21-17)16-6-4-15(5-7-16)20(25)26/h4-7,10,13-14,25-26H,8-9,11-12H2,1-3H3. The lowest BCUT2D eigenvalue weighted by atomic mass is 9.80. The molecule has 0 radical (unpaired) electrons. The van der Waals surface area contributed by atoms with Gasteiger partial charge in [-0.05, 0) is 57.3 Å². The maximum atomic E-state index is 12.2. The van der Waals surface area contributed by atoms with Crippen LogP contribution >= 0.6 is 0 Å². The van der Waals surface area contributed by atoms with Crippen molar-refractivity contribution in [3.05, 3.63) is 42.2 Å². The third-order valence-corrected chi connectivity index (χ3v) is 4.63. The number of rotatable bonds is 3. The molecule has 8 heteroatoms. The fourth-order valence-electron chi connectivity index (χ4n) is 3.18. The van der Waals surface area contributed by atoms with E-state index in [2.05, 4.69) is 5.10 Å². The van der Waals surface area contributed by atoms with Crippen molar-refractivity contribution in [3.8, 4) is 5.69 Å². The predicted octanol–water partition coefficient (Wildman–Crippen LogP) is 1.67. The maximum Gasteiger partial charge on any atom is 0.488 e. The smallest absolute Gasteiger partial charge is 0.444 e. The molecule has 3 rings (SSSR count). The van der Waals surface area contributed by atoms with Gasteiger partial charge in [0.25, 0.3) is 0 Å². The molecule has 1 aromatic carbocycles. The Morgan fingerprint density at radius 2 is 1.78 bits per heavy atom. The molecule has 1 saturated heterocycles. The van der Waals surface area contributed by atoms with E-state index in [0.29, 0.717) is 24.5 Å². The first-order valence-corrected chi connectivity index (χ1v) is 9.23. The molecule has 2 aromatic rings. The van der Waals surface area contributed by atoms with Gasteiger partial charge in [-0.15, -0.1) is 0 Å². The minimum Gasteiger partial charge on any atom is -0.444 e. The van der Waals surface area contributed by atoms with E-state index in [9.17, 15) is 14.8 Å². The number of carbonyl (C=O) groups excluding carboxylic acids is 1. The third kappa shape index (κ3) is 4.90. The molecule has 144 valence electrons. The highest BCUT2D eigenvalue weighted by Crippen LogP contribution is 2.28. The minimum absolute atomic E-state index is 0.252. The van der Waals surface area contributed by atoms with Gasteiger partial charge in [-0.25, -0.2) is 9.48 Å². The van der Waals surface area contributed by atoms with E-state index < -0.39 is 12.7 Å². The second kappa shape index (κ2) is 7.74. The molecule has 0 bridgehead atoms. The van der Waals surface area contributed by atoms with Crippen LogP contribution < -0.4 is 5.46 Å². The fourth-order valence-corrected chi connectivity index (χ4v) is 3.18. The summed E-state index contributed by atoms with van der Waals surface area (Å²) < 4.78 is 7.22. The topological polar surface area (TPSA) is 87.8 Å². The van der Waals surface area contributed by atoms with E-state index in [1.165, 1.54) is 0 Å². The number of hydrogen-bond acceptors (Lipinski definition) is 5. The maximum absolute atomic E-state index is 12.2. The van der Waals surface area contributed by atoms with Crippen molar-refractivity contribution in [2.24, 2.45) is 0 Å². The van der Waals surface area contributed by atoms with E-state index in [-0.39, 0.29) is 6.09 Å². The lowest BCUT2D eigenvalue weighted by Gasteiger charge is -2.32. The molecule has 0 aliphatic carbocycles. The van der Waals surface area contributed by atoms with Gasteiger partial charge in [0.1, 0.15) is 5.60 Å². The highest BCUT2D eigenvalue weighted by Gasteiger charge is 2.28. The Morgan fingerprint density at radius 3 is 2.33 bits per heavy atom. The molecule has 1 aromatic heterocycles.